The number of benzene rings is 2. The molecule has 0 unspecified atom stereocenters. The normalized spacial score (nSPS) is 15.2. The van der Waals surface area contributed by atoms with Gasteiger partial charge in [0.25, 0.3) is 0 Å². The van der Waals surface area contributed by atoms with Crippen LogP contribution in [0.1, 0.15) is 24.0 Å². The quantitative estimate of drug-likeness (QED) is 0.623. The highest BCUT2D eigenvalue weighted by atomic mass is 32.2. The van der Waals surface area contributed by atoms with Crippen molar-refractivity contribution in [2.45, 2.75) is 24.3 Å². The van der Waals surface area contributed by atoms with E-state index in [0.717, 1.165) is 5.56 Å². The summed E-state index contributed by atoms with van der Waals surface area (Å²) < 4.78 is 29.0. The Bertz CT molecular complexity index is 1240. The molecule has 4 rings (SSSR count). The summed E-state index contributed by atoms with van der Waals surface area (Å²) in [6.07, 6.45) is 2.46. The van der Waals surface area contributed by atoms with Crippen LogP contribution in [0.15, 0.2) is 71.8 Å². The number of carbonyl (C=O) groups is 1. The Labute approximate surface area is 187 Å². The van der Waals surface area contributed by atoms with E-state index < -0.39 is 10.0 Å². The number of piperidine rings is 1. The fourth-order valence-corrected chi connectivity index (χ4v) is 5.44. The third-order valence-electron chi connectivity index (χ3n) is 5.59. The Hall–Kier alpha value is -3.48. The van der Waals surface area contributed by atoms with Gasteiger partial charge in [-0.25, -0.2) is 13.1 Å². The van der Waals surface area contributed by atoms with Gasteiger partial charge in [-0.2, -0.15) is 14.7 Å². The van der Waals surface area contributed by atoms with Crippen LogP contribution >= 0.6 is 0 Å². The number of nitrogens with zero attached hydrogens (tertiary/aromatic N) is 4. The molecule has 1 aliphatic rings. The van der Waals surface area contributed by atoms with Gasteiger partial charge in [0, 0.05) is 25.1 Å². The molecule has 2 aromatic carbocycles. The Morgan fingerprint density at radius 1 is 1.06 bits per heavy atom. The lowest BCUT2D eigenvalue weighted by atomic mass is 9.97. The van der Waals surface area contributed by atoms with Crippen molar-refractivity contribution in [3.63, 3.8) is 0 Å². The van der Waals surface area contributed by atoms with Crippen LogP contribution in [-0.4, -0.2) is 41.5 Å². The summed E-state index contributed by atoms with van der Waals surface area (Å²) >= 11 is 0. The third kappa shape index (κ3) is 4.56. The van der Waals surface area contributed by atoms with Crippen LogP contribution in [0.25, 0.3) is 0 Å². The predicted molar refractivity (Wildman–Crippen MR) is 119 cm³/mol. The van der Waals surface area contributed by atoms with Crippen molar-refractivity contribution >= 4 is 21.7 Å². The molecule has 1 amide bonds. The average molecular weight is 450 g/mol. The molecule has 8 nitrogen and oxygen atoms in total. The van der Waals surface area contributed by atoms with Crippen LogP contribution in [0, 0.1) is 17.2 Å². The number of hydrogen-bond donors (Lipinski definition) is 1. The van der Waals surface area contributed by atoms with E-state index >= 15 is 0 Å². The van der Waals surface area contributed by atoms with Gasteiger partial charge in [-0.3, -0.25) is 4.79 Å². The van der Waals surface area contributed by atoms with Gasteiger partial charge >= 0.3 is 0 Å². The van der Waals surface area contributed by atoms with Crippen molar-refractivity contribution < 1.29 is 13.2 Å². The number of nitriles is 1. The standard InChI is InChI=1S/C23H23N5O3S/c24-16-20-8-4-5-9-21(20)32(30,31)27-14-11-19(12-15-27)23(29)26-22-10-13-25-28(22)17-18-6-2-1-3-7-18/h1-10,13,19H,11-12,14-15,17H2,(H,26,29). The van der Waals surface area contributed by atoms with E-state index in [1.54, 1.807) is 29.1 Å². The monoisotopic (exact) mass is 449 g/mol. The van der Waals surface area contributed by atoms with E-state index in [0.29, 0.717) is 25.2 Å². The first kappa shape index (κ1) is 21.7. The summed E-state index contributed by atoms with van der Waals surface area (Å²) in [7, 11) is -3.78. The zero-order valence-electron chi connectivity index (χ0n) is 17.4. The Kier molecular flexibility index (Phi) is 6.35. The number of anilines is 1. The maximum Gasteiger partial charge on any atom is 0.244 e. The van der Waals surface area contributed by atoms with Gasteiger partial charge in [0.15, 0.2) is 0 Å². The van der Waals surface area contributed by atoms with Gasteiger partial charge < -0.3 is 5.32 Å². The zero-order chi connectivity index (χ0) is 22.6. The SMILES string of the molecule is N#Cc1ccccc1S(=O)(=O)N1CCC(C(=O)Nc2ccnn2Cc2ccccc2)CC1. The van der Waals surface area contributed by atoms with Crippen molar-refractivity contribution in [2.24, 2.45) is 5.92 Å². The molecular formula is C23H23N5O3S. The number of rotatable bonds is 6. The summed E-state index contributed by atoms with van der Waals surface area (Å²) in [5.41, 5.74) is 1.20. The minimum atomic E-state index is -3.78. The summed E-state index contributed by atoms with van der Waals surface area (Å²) in [6, 6.07) is 19.7. The summed E-state index contributed by atoms with van der Waals surface area (Å²) in [4.78, 5) is 12.8. The molecule has 3 aromatic rings. The highest BCUT2D eigenvalue weighted by Gasteiger charge is 2.33. The van der Waals surface area contributed by atoms with Crippen LogP contribution in [-0.2, 0) is 21.4 Å². The molecule has 2 heterocycles. The lowest BCUT2D eigenvalue weighted by Gasteiger charge is -2.30. The van der Waals surface area contributed by atoms with Crippen molar-refractivity contribution in [1.29, 1.82) is 5.26 Å². The maximum atomic E-state index is 13.0. The molecule has 1 aliphatic heterocycles. The second-order valence-corrected chi connectivity index (χ2v) is 9.54. The van der Waals surface area contributed by atoms with Crippen molar-refractivity contribution in [2.75, 3.05) is 18.4 Å². The van der Waals surface area contributed by atoms with Crippen molar-refractivity contribution in [3.8, 4) is 6.07 Å². The summed E-state index contributed by atoms with van der Waals surface area (Å²) in [5.74, 6) is 0.166. The first-order valence-corrected chi connectivity index (χ1v) is 11.8. The first-order chi connectivity index (χ1) is 15.5. The highest BCUT2D eigenvalue weighted by Crippen LogP contribution is 2.26. The van der Waals surface area contributed by atoms with Gasteiger partial charge in [0.1, 0.15) is 11.9 Å². The molecule has 1 aromatic heterocycles. The van der Waals surface area contributed by atoms with Crippen molar-refractivity contribution in [1.82, 2.24) is 14.1 Å². The Morgan fingerprint density at radius 3 is 2.47 bits per heavy atom. The van der Waals surface area contributed by atoms with Crippen LogP contribution in [0.3, 0.4) is 0 Å². The molecule has 0 aliphatic carbocycles. The van der Waals surface area contributed by atoms with Crippen LogP contribution in [0.5, 0.6) is 0 Å². The minimum Gasteiger partial charge on any atom is -0.311 e. The molecule has 0 atom stereocenters. The largest absolute Gasteiger partial charge is 0.311 e. The van der Waals surface area contributed by atoms with E-state index in [-0.39, 0.29) is 35.4 Å². The van der Waals surface area contributed by atoms with E-state index in [2.05, 4.69) is 10.4 Å². The number of hydrogen-bond acceptors (Lipinski definition) is 5. The fraction of sp³-hybridized carbons (Fsp3) is 0.261. The predicted octanol–water partition coefficient (Wildman–Crippen LogP) is 2.84. The van der Waals surface area contributed by atoms with Crippen LogP contribution in [0.4, 0.5) is 5.82 Å². The molecule has 9 heteroatoms. The summed E-state index contributed by atoms with van der Waals surface area (Å²) in [5, 5.41) is 16.5. The molecule has 0 bridgehead atoms. The Balaban J connectivity index is 1.39. The molecule has 1 saturated heterocycles. The van der Waals surface area contributed by atoms with E-state index in [4.69, 9.17) is 0 Å². The third-order valence-corrected chi connectivity index (χ3v) is 7.55. The molecule has 164 valence electrons. The number of carbonyl (C=O) groups excluding carboxylic acids is 1. The van der Waals surface area contributed by atoms with Crippen LogP contribution in [0.2, 0.25) is 0 Å². The summed E-state index contributed by atoms with van der Waals surface area (Å²) in [6.45, 7) is 0.991. The van der Waals surface area contributed by atoms with Gasteiger partial charge in [-0.15, -0.1) is 0 Å². The van der Waals surface area contributed by atoms with Gasteiger partial charge in [-0.05, 0) is 30.5 Å². The number of nitrogens with one attached hydrogen (secondary N) is 1. The highest BCUT2D eigenvalue weighted by molar-refractivity contribution is 7.89. The molecular weight excluding hydrogens is 426 g/mol. The Morgan fingerprint density at radius 2 is 1.75 bits per heavy atom. The van der Waals surface area contributed by atoms with Gasteiger partial charge in [0.2, 0.25) is 15.9 Å². The smallest absolute Gasteiger partial charge is 0.244 e. The zero-order valence-corrected chi connectivity index (χ0v) is 18.2. The number of sulfonamides is 1. The second-order valence-electron chi connectivity index (χ2n) is 7.64. The topological polar surface area (TPSA) is 108 Å². The second kappa shape index (κ2) is 9.34. The molecule has 32 heavy (non-hydrogen) atoms. The number of aromatic nitrogens is 2. The van der Waals surface area contributed by atoms with Gasteiger partial charge in [0.05, 0.1) is 23.2 Å². The van der Waals surface area contributed by atoms with Gasteiger partial charge in [-0.1, -0.05) is 42.5 Å². The molecule has 1 fully saturated rings. The van der Waals surface area contributed by atoms with E-state index in [9.17, 15) is 18.5 Å². The maximum absolute atomic E-state index is 13.0. The van der Waals surface area contributed by atoms with Crippen molar-refractivity contribution in [3.05, 3.63) is 78.0 Å². The minimum absolute atomic E-state index is 0.00946. The van der Waals surface area contributed by atoms with E-state index in [1.165, 1.54) is 16.4 Å². The lowest BCUT2D eigenvalue weighted by molar-refractivity contribution is -0.121. The first-order valence-electron chi connectivity index (χ1n) is 10.3. The average Bonchev–Trinajstić information content (AvgIpc) is 3.26. The molecule has 0 saturated carbocycles. The fourth-order valence-electron chi connectivity index (χ4n) is 3.83. The lowest BCUT2D eigenvalue weighted by Crippen LogP contribution is -2.41. The molecule has 0 spiro atoms. The van der Waals surface area contributed by atoms with E-state index in [1.807, 2.05) is 36.4 Å². The molecule has 0 radical (unpaired) electrons. The molecule has 1 N–H and O–H groups in total. The number of amides is 1. The van der Waals surface area contributed by atoms with Crippen LogP contribution < -0.4 is 5.32 Å².